The molecule has 1 aliphatic rings. The van der Waals surface area contributed by atoms with E-state index in [2.05, 4.69) is 26.8 Å². The number of hydrogen-bond donors (Lipinski definition) is 2. The normalized spacial score (nSPS) is 19.1. The molecule has 2 unspecified atom stereocenters. The molecular weight excluding hydrogens is 415 g/mol. The van der Waals surface area contributed by atoms with Gasteiger partial charge in [-0.1, -0.05) is 18.2 Å². The average molecular weight is 430 g/mol. The highest BCUT2D eigenvalue weighted by molar-refractivity contribution is 9.10. The van der Waals surface area contributed by atoms with E-state index >= 15 is 0 Å². The van der Waals surface area contributed by atoms with Gasteiger partial charge in [0.1, 0.15) is 5.69 Å². The molecule has 138 valence electrons. The Hall–Kier alpha value is -2.29. The molecule has 1 aliphatic carbocycles. The lowest BCUT2D eigenvalue weighted by Crippen LogP contribution is -2.43. The maximum atomic E-state index is 12.8. The number of hydrazine groups is 1. The second-order valence-electron chi connectivity index (χ2n) is 6.17. The van der Waals surface area contributed by atoms with Crippen LogP contribution < -0.4 is 10.9 Å². The number of aryl methyl sites for hydroxylation is 1. The van der Waals surface area contributed by atoms with Gasteiger partial charge in [0.05, 0.1) is 5.56 Å². The fourth-order valence-electron chi connectivity index (χ4n) is 2.82. The van der Waals surface area contributed by atoms with E-state index < -0.39 is 29.5 Å². The second-order valence-corrected chi connectivity index (χ2v) is 7.09. The molecule has 0 radical (unpaired) electrons. The fourth-order valence-corrected chi connectivity index (χ4v) is 3.35. The molecule has 0 saturated heterocycles. The summed E-state index contributed by atoms with van der Waals surface area (Å²) in [5.74, 6) is -1.64. The zero-order chi connectivity index (χ0) is 19.1. The van der Waals surface area contributed by atoms with E-state index in [0.717, 1.165) is 16.6 Å². The number of aromatic nitrogens is 1. The lowest BCUT2D eigenvalue weighted by molar-refractivity contribution is -0.137. The summed E-state index contributed by atoms with van der Waals surface area (Å²) in [6, 6.07) is 6.58. The minimum absolute atomic E-state index is 0.279. The molecule has 1 aromatic carbocycles. The van der Waals surface area contributed by atoms with Crippen LogP contribution in [0.3, 0.4) is 0 Å². The standard InChI is InChI=1S/C17H15BrF3N3O2/c1-24-8-11(18)6-14(24)16(26)23-22-15(25)13-7-12(13)9-3-2-4-10(5-9)17(19,20)21/h2-6,8,12-13H,7H2,1H3,(H,22,25)(H,23,26). The first-order valence-corrected chi connectivity index (χ1v) is 8.55. The average Bonchev–Trinajstić information content (AvgIpc) is 3.30. The SMILES string of the molecule is Cn1cc(Br)cc1C(=O)NNC(=O)C1CC1c1cccc(C(F)(F)F)c1. The second kappa shape index (κ2) is 6.79. The Balaban J connectivity index is 1.58. The third-order valence-corrected chi connectivity index (χ3v) is 4.71. The Kier molecular flexibility index (Phi) is 4.83. The van der Waals surface area contributed by atoms with Crippen molar-refractivity contribution in [2.45, 2.75) is 18.5 Å². The molecule has 9 heteroatoms. The van der Waals surface area contributed by atoms with Crippen LogP contribution in [-0.2, 0) is 18.0 Å². The van der Waals surface area contributed by atoms with Gasteiger partial charge in [-0.3, -0.25) is 20.4 Å². The number of carbonyl (C=O) groups is 2. The van der Waals surface area contributed by atoms with Gasteiger partial charge >= 0.3 is 6.18 Å². The molecule has 1 saturated carbocycles. The van der Waals surface area contributed by atoms with Crippen LogP contribution in [0, 0.1) is 5.92 Å². The molecule has 3 rings (SSSR count). The number of alkyl halides is 3. The highest BCUT2D eigenvalue weighted by atomic mass is 79.9. The van der Waals surface area contributed by atoms with Crippen molar-refractivity contribution in [2.75, 3.05) is 0 Å². The van der Waals surface area contributed by atoms with Crippen molar-refractivity contribution < 1.29 is 22.8 Å². The van der Waals surface area contributed by atoms with Gasteiger partial charge in [0.15, 0.2) is 0 Å². The first-order valence-electron chi connectivity index (χ1n) is 7.76. The van der Waals surface area contributed by atoms with Crippen LogP contribution >= 0.6 is 15.9 Å². The number of carbonyl (C=O) groups excluding carboxylic acids is 2. The highest BCUT2D eigenvalue weighted by Crippen LogP contribution is 2.48. The smallest absolute Gasteiger partial charge is 0.345 e. The molecule has 5 nitrogen and oxygen atoms in total. The first kappa shape index (κ1) is 18.5. The highest BCUT2D eigenvalue weighted by Gasteiger charge is 2.45. The summed E-state index contributed by atoms with van der Waals surface area (Å²) in [5.41, 5.74) is 4.74. The molecule has 0 bridgehead atoms. The molecule has 26 heavy (non-hydrogen) atoms. The van der Waals surface area contributed by atoms with Gasteiger partial charge in [-0.2, -0.15) is 13.2 Å². The van der Waals surface area contributed by atoms with Crippen molar-refractivity contribution in [1.82, 2.24) is 15.4 Å². The van der Waals surface area contributed by atoms with Crippen LogP contribution in [0.25, 0.3) is 0 Å². The Morgan fingerprint density at radius 3 is 2.58 bits per heavy atom. The monoisotopic (exact) mass is 429 g/mol. The molecule has 1 aromatic heterocycles. The van der Waals surface area contributed by atoms with Gasteiger partial charge in [0, 0.05) is 23.6 Å². The van der Waals surface area contributed by atoms with E-state index in [-0.39, 0.29) is 5.92 Å². The topological polar surface area (TPSA) is 63.1 Å². The molecule has 2 N–H and O–H groups in total. The molecular formula is C17H15BrF3N3O2. The molecule has 1 heterocycles. The van der Waals surface area contributed by atoms with Crippen LogP contribution in [-0.4, -0.2) is 16.4 Å². The summed E-state index contributed by atoms with van der Waals surface area (Å²) in [5, 5.41) is 0. The van der Waals surface area contributed by atoms with Crippen molar-refractivity contribution >= 4 is 27.7 Å². The number of amides is 2. The minimum Gasteiger partial charge on any atom is -0.345 e. The van der Waals surface area contributed by atoms with Crippen LogP contribution in [0.4, 0.5) is 13.2 Å². The first-order chi connectivity index (χ1) is 12.2. The summed E-state index contributed by atoms with van der Waals surface area (Å²) in [6.45, 7) is 0. The van der Waals surface area contributed by atoms with Gasteiger partial charge in [-0.25, -0.2) is 0 Å². The Labute approximate surface area is 155 Å². The Bertz CT molecular complexity index is 863. The van der Waals surface area contributed by atoms with E-state index in [0.29, 0.717) is 17.7 Å². The number of nitrogens with zero attached hydrogens (tertiary/aromatic N) is 1. The molecule has 0 aliphatic heterocycles. The van der Waals surface area contributed by atoms with E-state index in [1.54, 1.807) is 29.9 Å². The van der Waals surface area contributed by atoms with E-state index in [1.807, 2.05) is 0 Å². The van der Waals surface area contributed by atoms with E-state index in [1.165, 1.54) is 6.07 Å². The summed E-state index contributed by atoms with van der Waals surface area (Å²) in [4.78, 5) is 24.2. The van der Waals surface area contributed by atoms with Gasteiger partial charge in [0.25, 0.3) is 5.91 Å². The van der Waals surface area contributed by atoms with Gasteiger partial charge in [0.2, 0.25) is 5.91 Å². The van der Waals surface area contributed by atoms with Gasteiger partial charge < -0.3 is 4.57 Å². The van der Waals surface area contributed by atoms with Crippen LogP contribution in [0.5, 0.6) is 0 Å². The molecule has 2 atom stereocenters. The lowest BCUT2D eigenvalue weighted by atomic mass is 10.1. The maximum absolute atomic E-state index is 12.8. The third kappa shape index (κ3) is 3.92. The third-order valence-electron chi connectivity index (χ3n) is 4.27. The van der Waals surface area contributed by atoms with Crippen LogP contribution in [0.1, 0.15) is 34.0 Å². The predicted octanol–water partition coefficient (Wildman–Crippen LogP) is 3.37. The zero-order valence-corrected chi connectivity index (χ0v) is 15.2. The van der Waals surface area contributed by atoms with Crippen LogP contribution in [0.15, 0.2) is 41.0 Å². The van der Waals surface area contributed by atoms with Crippen molar-refractivity contribution in [3.8, 4) is 0 Å². The minimum atomic E-state index is -4.42. The van der Waals surface area contributed by atoms with Crippen LogP contribution in [0.2, 0.25) is 0 Å². The lowest BCUT2D eigenvalue weighted by Gasteiger charge is -2.09. The maximum Gasteiger partial charge on any atom is 0.416 e. The van der Waals surface area contributed by atoms with Crippen molar-refractivity contribution in [2.24, 2.45) is 13.0 Å². The number of halogens is 4. The summed E-state index contributed by atoms with van der Waals surface area (Å²) >= 11 is 3.25. The largest absolute Gasteiger partial charge is 0.416 e. The van der Waals surface area contributed by atoms with Gasteiger partial charge in [-0.15, -0.1) is 0 Å². The molecule has 1 fully saturated rings. The molecule has 2 amide bonds. The number of hydrogen-bond acceptors (Lipinski definition) is 2. The number of nitrogens with one attached hydrogen (secondary N) is 2. The Morgan fingerprint density at radius 1 is 1.23 bits per heavy atom. The number of benzene rings is 1. The molecule has 2 aromatic rings. The summed E-state index contributed by atoms with van der Waals surface area (Å²) in [6.07, 6.45) is -2.28. The van der Waals surface area contributed by atoms with E-state index in [4.69, 9.17) is 0 Å². The van der Waals surface area contributed by atoms with Crippen molar-refractivity contribution in [3.05, 3.63) is 57.8 Å². The van der Waals surface area contributed by atoms with Crippen molar-refractivity contribution in [3.63, 3.8) is 0 Å². The summed E-state index contributed by atoms with van der Waals surface area (Å²) < 4.78 is 40.7. The Morgan fingerprint density at radius 2 is 1.96 bits per heavy atom. The predicted molar refractivity (Wildman–Crippen MR) is 91.0 cm³/mol. The zero-order valence-electron chi connectivity index (χ0n) is 13.6. The fraction of sp³-hybridized carbons (Fsp3) is 0.294. The summed E-state index contributed by atoms with van der Waals surface area (Å²) in [7, 11) is 1.69. The quantitative estimate of drug-likeness (QED) is 0.734. The molecule has 0 spiro atoms. The van der Waals surface area contributed by atoms with Crippen molar-refractivity contribution in [1.29, 1.82) is 0 Å². The van der Waals surface area contributed by atoms with E-state index in [9.17, 15) is 22.8 Å². The van der Waals surface area contributed by atoms with Gasteiger partial charge in [-0.05, 0) is 46.0 Å². The number of rotatable bonds is 3.